The summed E-state index contributed by atoms with van der Waals surface area (Å²) in [6.07, 6.45) is 2.22. The number of hydrogen-bond donors (Lipinski definition) is 2. The van der Waals surface area contributed by atoms with Crippen molar-refractivity contribution >= 4 is 11.0 Å². The van der Waals surface area contributed by atoms with Gasteiger partial charge in [0.15, 0.2) is 0 Å². The summed E-state index contributed by atoms with van der Waals surface area (Å²) in [6.45, 7) is 9.25. The zero-order valence-corrected chi connectivity index (χ0v) is 19.0. The molecule has 1 aromatic carbocycles. The predicted octanol–water partition coefficient (Wildman–Crippen LogP) is 5.45. The van der Waals surface area contributed by atoms with Gasteiger partial charge in [0.25, 0.3) is 0 Å². The molecule has 3 heterocycles. The number of aromatic amines is 1. The first-order valence-electron chi connectivity index (χ1n) is 11.0. The van der Waals surface area contributed by atoms with Crippen LogP contribution in [-0.4, -0.2) is 25.2 Å². The Balaban J connectivity index is 1.82. The Bertz CT molecular complexity index is 1320. The van der Waals surface area contributed by atoms with E-state index >= 15 is 0 Å². The summed E-state index contributed by atoms with van der Waals surface area (Å²) < 4.78 is 19.4. The molecule has 0 amide bonds. The van der Waals surface area contributed by atoms with Gasteiger partial charge in [-0.2, -0.15) is 0 Å². The molecule has 0 radical (unpaired) electrons. The molecule has 0 aliphatic heterocycles. The van der Waals surface area contributed by atoms with Gasteiger partial charge in [-0.05, 0) is 69.4 Å². The number of fused-ring (bicyclic) bond motifs is 1. The minimum Gasteiger partial charge on any atom is -0.378 e. The van der Waals surface area contributed by atoms with E-state index in [1.165, 1.54) is 6.07 Å². The number of nitrogens with one attached hydrogen (secondary N) is 1. The number of imidazole rings is 1. The SMILES string of the molecule is Cc1nc(C(O)(c2cc(-c3c(C)noc3C)cc3[nH]c(C4CC4)nc23)C(C)C)ccc1F. The molecule has 6 nitrogen and oxygen atoms in total. The van der Waals surface area contributed by atoms with Crippen LogP contribution in [0, 0.1) is 32.5 Å². The quantitative estimate of drug-likeness (QED) is 0.436. The van der Waals surface area contributed by atoms with Crippen LogP contribution >= 0.6 is 0 Å². The minimum atomic E-state index is -1.47. The molecule has 1 atom stereocenters. The number of aromatic nitrogens is 4. The van der Waals surface area contributed by atoms with Gasteiger partial charge in [0.1, 0.15) is 23.0 Å². The van der Waals surface area contributed by atoms with Crippen molar-refractivity contribution in [3.05, 3.63) is 64.3 Å². The number of rotatable bonds is 5. The Hall–Kier alpha value is -3.06. The first-order valence-corrected chi connectivity index (χ1v) is 11.0. The van der Waals surface area contributed by atoms with Crippen LogP contribution in [0.4, 0.5) is 4.39 Å². The third-order valence-electron chi connectivity index (χ3n) is 6.55. The van der Waals surface area contributed by atoms with Crippen molar-refractivity contribution in [2.24, 2.45) is 5.92 Å². The molecule has 1 fully saturated rings. The molecule has 2 N–H and O–H groups in total. The maximum atomic E-state index is 14.0. The van der Waals surface area contributed by atoms with Crippen molar-refractivity contribution in [3.8, 4) is 11.1 Å². The third-order valence-corrected chi connectivity index (χ3v) is 6.55. The molecule has 5 rings (SSSR count). The van der Waals surface area contributed by atoms with Crippen molar-refractivity contribution in [1.29, 1.82) is 0 Å². The number of pyridine rings is 1. The summed E-state index contributed by atoms with van der Waals surface area (Å²) >= 11 is 0. The van der Waals surface area contributed by atoms with E-state index in [0.717, 1.165) is 41.0 Å². The average molecular weight is 435 g/mol. The molecule has 0 saturated heterocycles. The summed E-state index contributed by atoms with van der Waals surface area (Å²) in [7, 11) is 0. The van der Waals surface area contributed by atoms with Crippen LogP contribution in [0.2, 0.25) is 0 Å². The number of aliphatic hydroxyl groups is 1. The Morgan fingerprint density at radius 3 is 2.47 bits per heavy atom. The Morgan fingerprint density at radius 2 is 1.88 bits per heavy atom. The highest BCUT2D eigenvalue weighted by molar-refractivity contribution is 5.87. The first kappa shape index (κ1) is 20.8. The zero-order chi connectivity index (χ0) is 22.8. The second kappa shape index (κ2) is 7.24. The van der Waals surface area contributed by atoms with Crippen LogP contribution in [-0.2, 0) is 5.60 Å². The molecule has 1 unspecified atom stereocenters. The fraction of sp³-hybridized carbons (Fsp3) is 0.400. The van der Waals surface area contributed by atoms with E-state index in [2.05, 4.69) is 15.1 Å². The zero-order valence-electron chi connectivity index (χ0n) is 19.0. The Labute approximate surface area is 185 Å². The average Bonchev–Trinajstić information content (AvgIpc) is 3.43. The van der Waals surface area contributed by atoms with Gasteiger partial charge in [0.2, 0.25) is 0 Å². The lowest BCUT2D eigenvalue weighted by Crippen LogP contribution is -2.35. The normalized spacial score (nSPS) is 16.1. The van der Waals surface area contributed by atoms with Gasteiger partial charge >= 0.3 is 0 Å². The van der Waals surface area contributed by atoms with Crippen molar-refractivity contribution in [2.45, 2.75) is 59.0 Å². The van der Waals surface area contributed by atoms with Crippen LogP contribution in [0.25, 0.3) is 22.2 Å². The summed E-state index contributed by atoms with van der Waals surface area (Å²) in [4.78, 5) is 12.8. The number of nitrogens with zero attached hydrogens (tertiary/aromatic N) is 3. The summed E-state index contributed by atoms with van der Waals surface area (Å²) in [5.41, 5.74) is 3.93. The lowest BCUT2D eigenvalue weighted by Gasteiger charge is -2.33. The van der Waals surface area contributed by atoms with E-state index in [4.69, 9.17) is 9.51 Å². The number of halogens is 1. The van der Waals surface area contributed by atoms with Gasteiger partial charge in [-0.3, -0.25) is 4.98 Å². The van der Waals surface area contributed by atoms with Crippen LogP contribution < -0.4 is 0 Å². The fourth-order valence-corrected chi connectivity index (χ4v) is 4.52. The van der Waals surface area contributed by atoms with Gasteiger partial charge in [-0.15, -0.1) is 0 Å². The second-order valence-corrected chi connectivity index (χ2v) is 9.20. The van der Waals surface area contributed by atoms with Gasteiger partial charge in [-0.1, -0.05) is 19.0 Å². The van der Waals surface area contributed by atoms with E-state index in [-0.39, 0.29) is 11.6 Å². The number of aryl methyl sites for hydroxylation is 3. The van der Waals surface area contributed by atoms with Crippen LogP contribution in [0.15, 0.2) is 28.8 Å². The topological polar surface area (TPSA) is 87.8 Å². The number of benzene rings is 1. The van der Waals surface area contributed by atoms with Crippen LogP contribution in [0.5, 0.6) is 0 Å². The maximum Gasteiger partial charge on any atom is 0.144 e. The highest BCUT2D eigenvalue weighted by atomic mass is 19.1. The molecule has 0 bridgehead atoms. The van der Waals surface area contributed by atoms with E-state index in [9.17, 15) is 9.50 Å². The van der Waals surface area contributed by atoms with Crippen LogP contribution in [0.3, 0.4) is 0 Å². The van der Waals surface area contributed by atoms with Gasteiger partial charge in [0.05, 0.1) is 28.1 Å². The maximum absolute atomic E-state index is 14.0. The lowest BCUT2D eigenvalue weighted by molar-refractivity contribution is 0.0286. The smallest absolute Gasteiger partial charge is 0.144 e. The molecule has 1 aliphatic rings. The Kier molecular flexibility index (Phi) is 4.71. The van der Waals surface area contributed by atoms with Crippen molar-refractivity contribution in [2.75, 3.05) is 0 Å². The summed E-state index contributed by atoms with van der Waals surface area (Å²) in [5, 5.41) is 16.3. The molecular formula is C25H27FN4O2. The van der Waals surface area contributed by atoms with E-state index in [0.29, 0.717) is 28.5 Å². The fourth-order valence-electron chi connectivity index (χ4n) is 4.52. The third kappa shape index (κ3) is 3.14. The van der Waals surface area contributed by atoms with Crippen molar-refractivity contribution in [1.82, 2.24) is 20.1 Å². The van der Waals surface area contributed by atoms with Crippen LogP contribution in [0.1, 0.15) is 66.8 Å². The monoisotopic (exact) mass is 434 g/mol. The molecular weight excluding hydrogens is 407 g/mol. The molecule has 7 heteroatoms. The van der Waals surface area contributed by atoms with Crippen molar-refractivity contribution < 1.29 is 14.0 Å². The molecule has 4 aromatic rings. The lowest BCUT2D eigenvalue weighted by atomic mass is 9.78. The number of hydrogen-bond acceptors (Lipinski definition) is 5. The van der Waals surface area contributed by atoms with Gasteiger partial charge < -0.3 is 14.6 Å². The van der Waals surface area contributed by atoms with E-state index in [1.807, 2.05) is 39.8 Å². The highest BCUT2D eigenvalue weighted by Crippen LogP contribution is 2.44. The number of H-pyrrole nitrogens is 1. The van der Waals surface area contributed by atoms with Gasteiger partial charge in [-0.25, -0.2) is 9.37 Å². The van der Waals surface area contributed by atoms with Gasteiger partial charge in [0, 0.05) is 17.0 Å². The first-order chi connectivity index (χ1) is 15.2. The molecule has 0 spiro atoms. The predicted molar refractivity (Wildman–Crippen MR) is 120 cm³/mol. The second-order valence-electron chi connectivity index (χ2n) is 9.20. The molecule has 32 heavy (non-hydrogen) atoms. The summed E-state index contributed by atoms with van der Waals surface area (Å²) in [6, 6.07) is 6.91. The highest BCUT2D eigenvalue weighted by Gasteiger charge is 2.40. The van der Waals surface area contributed by atoms with E-state index < -0.39 is 11.4 Å². The standard InChI is InChI=1S/C25H27FN4O2/c1-12(2)25(31,21-9-8-19(26)13(3)27-21)18-10-17(22-14(4)30-32-15(22)5)11-20-23(18)29-24(28-20)16-6-7-16/h8-12,16,31H,6-7H2,1-5H3,(H,28,29). The molecule has 1 aliphatic carbocycles. The molecule has 166 valence electrons. The van der Waals surface area contributed by atoms with Crippen molar-refractivity contribution in [3.63, 3.8) is 0 Å². The minimum absolute atomic E-state index is 0.246. The largest absolute Gasteiger partial charge is 0.378 e. The summed E-state index contributed by atoms with van der Waals surface area (Å²) in [5.74, 6) is 1.43. The Morgan fingerprint density at radius 1 is 1.12 bits per heavy atom. The van der Waals surface area contributed by atoms with E-state index in [1.54, 1.807) is 13.0 Å². The molecule has 3 aromatic heterocycles. The molecule has 1 saturated carbocycles.